The summed E-state index contributed by atoms with van der Waals surface area (Å²) in [6, 6.07) is 8.33. The molecule has 16 heavy (non-hydrogen) atoms. The van der Waals surface area contributed by atoms with Crippen molar-refractivity contribution in [2.24, 2.45) is 0 Å². The molecule has 0 aliphatic heterocycles. The van der Waals surface area contributed by atoms with Crippen LogP contribution in [-0.4, -0.2) is 29.5 Å². The van der Waals surface area contributed by atoms with Gasteiger partial charge >= 0.3 is 0 Å². The molecule has 90 valence electrons. The molecular formula is C12H18BrNO2. The lowest BCUT2D eigenvalue weighted by Crippen LogP contribution is -2.32. The van der Waals surface area contributed by atoms with E-state index in [2.05, 4.69) is 40.3 Å². The lowest BCUT2D eigenvalue weighted by molar-refractivity contribution is 0.0917. The van der Waals surface area contributed by atoms with E-state index in [-0.39, 0.29) is 12.6 Å². The molecule has 0 aliphatic rings. The van der Waals surface area contributed by atoms with Gasteiger partial charge in [0.15, 0.2) is 0 Å². The standard InChI is InChI=1S/C12H18BrNO2/c1-2-12(14-7-11(16)8-15)9-3-5-10(13)6-4-9/h3-6,11-12,14-16H,2,7-8H2,1H3. The van der Waals surface area contributed by atoms with Gasteiger partial charge in [0, 0.05) is 17.1 Å². The molecule has 0 aromatic heterocycles. The summed E-state index contributed by atoms with van der Waals surface area (Å²) in [6.45, 7) is 2.29. The van der Waals surface area contributed by atoms with Crippen LogP contribution >= 0.6 is 15.9 Å². The van der Waals surface area contributed by atoms with Crippen LogP contribution in [0.4, 0.5) is 0 Å². The zero-order chi connectivity index (χ0) is 12.0. The van der Waals surface area contributed by atoms with Crippen LogP contribution in [0.3, 0.4) is 0 Å². The Labute approximate surface area is 105 Å². The Hall–Kier alpha value is -0.420. The summed E-state index contributed by atoms with van der Waals surface area (Å²) >= 11 is 3.40. The Bertz CT molecular complexity index is 302. The van der Waals surface area contributed by atoms with Crippen molar-refractivity contribution in [3.05, 3.63) is 34.3 Å². The predicted octanol–water partition coefficient (Wildman–Crippen LogP) is 1.84. The van der Waals surface area contributed by atoms with Crippen LogP contribution in [0.1, 0.15) is 24.9 Å². The van der Waals surface area contributed by atoms with Crippen LogP contribution < -0.4 is 5.32 Å². The number of hydrogen-bond donors (Lipinski definition) is 3. The van der Waals surface area contributed by atoms with Crippen molar-refractivity contribution in [1.29, 1.82) is 0 Å². The summed E-state index contributed by atoms with van der Waals surface area (Å²) in [5, 5.41) is 21.2. The molecule has 3 N–H and O–H groups in total. The second kappa shape index (κ2) is 7.01. The number of hydrogen-bond acceptors (Lipinski definition) is 3. The summed E-state index contributed by atoms with van der Waals surface area (Å²) < 4.78 is 1.06. The first-order chi connectivity index (χ1) is 7.67. The normalized spacial score (nSPS) is 14.8. The second-order valence-electron chi connectivity index (χ2n) is 3.76. The molecule has 2 atom stereocenters. The third kappa shape index (κ3) is 4.22. The maximum absolute atomic E-state index is 9.27. The van der Waals surface area contributed by atoms with Gasteiger partial charge in [-0.05, 0) is 24.1 Å². The molecule has 1 rings (SSSR count). The van der Waals surface area contributed by atoms with Crippen molar-refractivity contribution in [3.63, 3.8) is 0 Å². The van der Waals surface area contributed by atoms with Crippen molar-refractivity contribution in [1.82, 2.24) is 5.32 Å². The Kier molecular flexibility index (Phi) is 5.98. The average Bonchev–Trinajstić information content (AvgIpc) is 2.31. The molecule has 1 aromatic rings. The SMILES string of the molecule is CCC(NCC(O)CO)c1ccc(Br)cc1. The minimum absolute atomic E-state index is 0.205. The molecule has 0 aliphatic carbocycles. The maximum Gasteiger partial charge on any atom is 0.0895 e. The molecule has 0 spiro atoms. The Morgan fingerprint density at radius 2 is 1.94 bits per heavy atom. The quantitative estimate of drug-likeness (QED) is 0.748. The largest absolute Gasteiger partial charge is 0.394 e. The smallest absolute Gasteiger partial charge is 0.0895 e. The van der Waals surface area contributed by atoms with E-state index in [1.807, 2.05) is 12.1 Å². The summed E-state index contributed by atoms with van der Waals surface area (Å²) in [7, 11) is 0. The van der Waals surface area contributed by atoms with Gasteiger partial charge in [0.05, 0.1) is 12.7 Å². The molecule has 0 bridgehead atoms. The van der Waals surface area contributed by atoms with Gasteiger partial charge in [0.1, 0.15) is 0 Å². The van der Waals surface area contributed by atoms with Gasteiger partial charge < -0.3 is 15.5 Å². The molecule has 2 unspecified atom stereocenters. The summed E-state index contributed by atoms with van der Waals surface area (Å²) in [4.78, 5) is 0. The third-order valence-electron chi connectivity index (χ3n) is 2.49. The Morgan fingerprint density at radius 3 is 2.44 bits per heavy atom. The van der Waals surface area contributed by atoms with Crippen molar-refractivity contribution >= 4 is 15.9 Å². The number of aliphatic hydroxyl groups excluding tert-OH is 2. The van der Waals surface area contributed by atoms with Gasteiger partial charge in [-0.3, -0.25) is 0 Å². The van der Waals surface area contributed by atoms with E-state index >= 15 is 0 Å². The Balaban J connectivity index is 2.57. The predicted molar refractivity (Wildman–Crippen MR) is 68.3 cm³/mol. The lowest BCUT2D eigenvalue weighted by atomic mass is 10.0. The molecular weight excluding hydrogens is 270 g/mol. The highest BCUT2D eigenvalue weighted by Gasteiger charge is 2.10. The van der Waals surface area contributed by atoms with Crippen LogP contribution in [0.5, 0.6) is 0 Å². The first-order valence-corrected chi connectivity index (χ1v) is 6.24. The fourth-order valence-electron chi connectivity index (χ4n) is 1.54. The van der Waals surface area contributed by atoms with Crippen LogP contribution in [0.2, 0.25) is 0 Å². The number of benzene rings is 1. The number of rotatable bonds is 6. The molecule has 0 amide bonds. The molecule has 0 heterocycles. The van der Waals surface area contributed by atoms with Crippen molar-refractivity contribution in [2.45, 2.75) is 25.5 Å². The van der Waals surface area contributed by atoms with E-state index in [1.165, 1.54) is 5.56 Å². The van der Waals surface area contributed by atoms with Crippen LogP contribution in [0.25, 0.3) is 0 Å². The molecule has 4 heteroatoms. The third-order valence-corrected chi connectivity index (χ3v) is 3.02. The monoisotopic (exact) mass is 287 g/mol. The molecule has 0 radical (unpaired) electrons. The van der Waals surface area contributed by atoms with Crippen molar-refractivity contribution < 1.29 is 10.2 Å². The zero-order valence-corrected chi connectivity index (χ0v) is 10.9. The first-order valence-electron chi connectivity index (χ1n) is 5.45. The Morgan fingerprint density at radius 1 is 1.31 bits per heavy atom. The van der Waals surface area contributed by atoms with E-state index in [0.29, 0.717) is 6.54 Å². The fraction of sp³-hybridized carbons (Fsp3) is 0.500. The fourth-order valence-corrected chi connectivity index (χ4v) is 1.80. The summed E-state index contributed by atoms with van der Waals surface area (Å²) in [5.74, 6) is 0. The first kappa shape index (κ1) is 13.6. The van der Waals surface area contributed by atoms with Crippen LogP contribution in [0, 0.1) is 0 Å². The second-order valence-corrected chi connectivity index (χ2v) is 4.67. The highest BCUT2D eigenvalue weighted by molar-refractivity contribution is 9.10. The van der Waals surface area contributed by atoms with Crippen molar-refractivity contribution in [3.8, 4) is 0 Å². The van der Waals surface area contributed by atoms with Gasteiger partial charge in [-0.25, -0.2) is 0 Å². The van der Waals surface area contributed by atoms with E-state index < -0.39 is 6.10 Å². The molecule has 3 nitrogen and oxygen atoms in total. The van der Waals surface area contributed by atoms with Gasteiger partial charge in [-0.2, -0.15) is 0 Å². The molecule has 1 aromatic carbocycles. The molecule has 0 saturated heterocycles. The van der Waals surface area contributed by atoms with E-state index in [4.69, 9.17) is 5.11 Å². The summed E-state index contributed by atoms with van der Waals surface area (Å²) in [5.41, 5.74) is 1.19. The van der Waals surface area contributed by atoms with E-state index in [0.717, 1.165) is 10.9 Å². The van der Waals surface area contributed by atoms with Gasteiger partial charge in [-0.15, -0.1) is 0 Å². The van der Waals surface area contributed by atoms with Gasteiger partial charge in [0.25, 0.3) is 0 Å². The topological polar surface area (TPSA) is 52.5 Å². The van der Waals surface area contributed by atoms with E-state index in [9.17, 15) is 5.11 Å². The highest BCUT2D eigenvalue weighted by atomic mass is 79.9. The average molecular weight is 288 g/mol. The van der Waals surface area contributed by atoms with Gasteiger partial charge in [0.2, 0.25) is 0 Å². The van der Waals surface area contributed by atoms with Crippen molar-refractivity contribution in [2.75, 3.05) is 13.2 Å². The summed E-state index contributed by atoms with van der Waals surface area (Å²) in [6.07, 6.45) is 0.254. The highest BCUT2D eigenvalue weighted by Crippen LogP contribution is 2.19. The minimum atomic E-state index is -0.690. The molecule has 0 saturated carbocycles. The van der Waals surface area contributed by atoms with E-state index in [1.54, 1.807) is 0 Å². The lowest BCUT2D eigenvalue weighted by Gasteiger charge is -2.19. The number of halogens is 1. The maximum atomic E-state index is 9.27. The van der Waals surface area contributed by atoms with Crippen LogP contribution in [0.15, 0.2) is 28.7 Å². The van der Waals surface area contributed by atoms with Crippen LogP contribution in [-0.2, 0) is 0 Å². The number of nitrogens with one attached hydrogen (secondary N) is 1. The zero-order valence-electron chi connectivity index (χ0n) is 9.36. The number of aliphatic hydroxyl groups is 2. The molecule has 0 fully saturated rings. The minimum Gasteiger partial charge on any atom is -0.394 e. The van der Waals surface area contributed by atoms with Gasteiger partial charge in [-0.1, -0.05) is 35.0 Å².